The van der Waals surface area contributed by atoms with Gasteiger partial charge in [0.2, 0.25) is 0 Å². The lowest BCUT2D eigenvalue weighted by atomic mass is 10.2. The molecule has 1 saturated heterocycles. The van der Waals surface area contributed by atoms with Crippen LogP contribution in [0.1, 0.15) is 50.5 Å². The van der Waals surface area contributed by atoms with E-state index >= 15 is 0 Å². The van der Waals surface area contributed by atoms with Gasteiger partial charge in [0.05, 0.1) is 0 Å². The lowest BCUT2D eigenvalue weighted by Gasteiger charge is -2.26. The van der Waals surface area contributed by atoms with Gasteiger partial charge in [0.25, 0.3) is 5.91 Å². The molecule has 0 radical (unpaired) electrons. The summed E-state index contributed by atoms with van der Waals surface area (Å²) in [6.45, 7) is 9.30. The van der Waals surface area contributed by atoms with Crippen LogP contribution in [0.4, 0.5) is 5.82 Å². The first-order chi connectivity index (χ1) is 10.6. The third-order valence-corrected chi connectivity index (χ3v) is 4.89. The first-order valence-corrected chi connectivity index (χ1v) is 8.46. The quantitative estimate of drug-likeness (QED) is 0.839. The highest BCUT2D eigenvalue weighted by atomic mass is 16.2. The Bertz CT molecular complexity index is 522. The van der Waals surface area contributed by atoms with Crippen molar-refractivity contribution in [2.24, 2.45) is 11.8 Å². The summed E-state index contributed by atoms with van der Waals surface area (Å²) < 4.78 is 0. The van der Waals surface area contributed by atoms with E-state index in [1.165, 1.54) is 19.3 Å². The third-order valence-electron chi connectivity index (χ3n) is 4.89. The van der Waals surface area contributed by atoms with E-state index in [0.717, 1.165) is 31.4 Å². The molecular formula is C17H26N4O. The molecular weight excluding hydrogens is 276 g/mol. The van der Waals surface area contributed by atoms with Crippen molar-refractivity contribution in [2.45, 2.75) is 46.1 Å². The SMILES string of the molecule is CC(C)N(C[C@H]1C[C@H]1C)C(=O)c1ccc(N2CCCC2)nn1. The third kappa shape index (κ3) is 3.23. The van der Waals surface area contributed by atoms with Gasteiger partial charge in [-0.05, 0) is 57.1 Å². The molecule has 2 heterocycles. The van der Waals surface area contributed by atoms with Crippen molar-refractivity contribution in [3.05, 3.63) is 17.8 Å². The summed E-state index contributed by atoms with van der Waals surface area (Å²) in [6.07, 6.45) is 3.65. The normalized spacial score (nSPS) is 23.9. The molecule has 5 nitrogen and oxygen atoms in total. The Morgan fingerprint density at radius 2 is 2.00 bits per heavy atom. The van der Waals surface area contributed by atoms with Crippen LogP contribution in [0.5, 0.6) is 0 Å². The summed E-state index contributed by atoms with van der Waals surface area (Å²) in [7, 11) is 0. The van der Waals surface area contributed by atoms with Crippen molar-refractivity contribution in [3.63, 3.8) is 0 Å². The summed E-state index contributed by atoms with van der Waals surface area (Å²) in [5.41, 5.74) is 0.463. The second kappa shape index (κ2) is 6.23. The van der Waals surface area contributed by atoms with Crippen LogP contribution >= 0.6 is 0 Å². The fraction of sp³-hybridized carbons (Fsp3) is 0.706. The lowest BCUT2D eigenvalue weighted by molar-refractivity contribution is 0.0686. The van der Waals surface area contributed by atoms with Crippen LogP contribution in [-0.4, -0.2) is 46.7 Å². The minimum atomic E-state index is 0.00886. The number of carbonyl (C=O) groups excluding carboxylic acids is 1. The van der Waals surface area contributed by atoms with Crippen LogP contribution < -0.4 is 4.90 Å². The molecule has 0 N–H and O–H groups in total. The maximum Gasteiger partial charge on any atom is 0.274 e. The molecule has 1 amide bonds. The molecule has 22 heavy (non-hydrogen) atoms. The van der Waals surface area contributed by atoms with Crippen molar-refractivity contribution >= 4 is 11.7 Å². The van der Waals surface area contributed by atoms with Crippen LogP contribution in [0.2, 0.25) is 0 Å². The number of nitrogens with zero attached hydrogens (tertiary/aromatic N) is 4. The van der Waals surface area contributed by atoms with Crippen LogP contribution in [0.25, 0.3) is 0 Å². The zero-order chi connectivity index (χ0) is 15.7. The second-order valence-electron chi connectivity index (χ2n) is 7.00. The molecule has 1 saturated carbocycles. The van der Waals surface area contributed by atoms with Gasteiger partial charge in [0.15, 0.2) is 11.5 Å². The summed E-state index contributed by atoms with van der Waals surface area (Å²) in [5.74, 6) is 2.30. The van der Waals surface area contributed by atoms with Gasteiger partial charge in [0, 0.05) is 25.7 Å². The highest BCUT2D eigenvalue weighted by Crippen LogP contribution is 2.38. The van der Waals surface area contributed by atoms with Gasteiger partial charge in [-0.3, -0.25) is 4.79 Å². The summed E-state index contributed by atoms with van der Waals surface area (Å²) in [4.78, 5) is 16.9. The van der Waals surface area contributed by atoms with Crippen LogP contribution in [-0.2, 0) is 0 Å². The number of hydrogen-bond donors (Lipinski definition) is 0. The van der Waals surface area contributed by atoms with Gasteiger partial charge < -0.3 is 9.80 Å². The van der Waals surface area contributed by atoms with Gasteiger partial charge in [-0.15, -0.1) is 10.2 Å². The van der Waals surface area contributed by atoms with Crippen molar-refractivity contribution in [1.82, 2.24) is 15.1 Å². The average molecular weight is 302 g/mol. The highest BCUT2D eigenvalue weighted by Gasteiger charge is 2.36. The molecule has 0 aromatic carbocycles. The van der Waals surface area contributed by atoms with Gasteiger partial charge in [-0.25, -0.2) is 0 Å². The predicted molar refractivity (Wildman–Crippen MR) is 86.9 cm³/mol. The topological polar surface area (TPSA) is 49.3 Å². The molecule has 1 aliphatic heterocycles. The maximum atomic E-state index is 12.7. The Kier molecular flexibility index (Phi) is 4.32. The molecule has 0 bridgehead atoms. The van der Waals surface area contributed by atoms with E-state index in [2.05, 4.69) is 35.9 Å². The predicted octanol–water partition coefficient (Wildman–Crippen LogP) is 2.58. The van der Waals surface area contributed by atoms with E-state index in [1.54, 1.807) is 0 Å². The Balaban J connectivity index is 1.69. The fourth-order valence-corrected chi connectivity index (χ4v) is 3.14. The minimum Gasteiger partial charge on any atom is -0.355 e. The maximum absolute atomic E-state index is 12.7. The Hall–Kier alpha value is -1.65. The zero-order valence-corrected chi connectivity index (χ0v) is 13.8. The zero-order valence-electron chi connectivity index (χ0n) is 13.8. The van der Waals surface area contributed by atoms with E-state index in [4.69, 9.17) is 0 Å². The first kappa shape index (κ1) is 15.3. The molecule has 1 aromatic heterocycles. The van der Waals surface area contributed by atoms with Crippen molar-refractivity contribution < 1.29 is 4.79 Å². The molecule has 3 rings (SSSR count). The Morgan fingerprint density at radius 1 is 1.32 bits per heavy atom. The monoisotopic (exact) mass is 302 g/mol. The summed E-state index contributed by atoms with van der Waals surface area (Å²) in [5, 5.41) is 8.45. The summed E-state index contributed by atoms with van der Waals surface area (Å²) >= 11 is 0. The highest BCUT2D eigenvalue weighted by molar-refractivity contribution is 5.92. The van der Waals surface area contributed by atoms with Crippen LogP contribution in [0.3, 0.4) is 0 Å². The minimum absolute atomic E-state index is 0.00886. The molecule has 2 aliphatic rings. The second-order valence-corrected chi connectivity index (χ2v) is 7.00. The average Bonchev–Trinajstić information content (AvgIpc) is 2.99. The molecule has 2 atom stereocenters. The molecule has 0 unspecified atom stereocenters. The standard InChI is InChI=1S/C17H26N4O/c1-12(2)21(11-14-10-13(14)3)17(22)15-6-7-16(19-18-15)20-8-4-5-9-20/h6-7,12-14H,4-5,8-11H2,1-3H3/t13-,14-/m1/s1. The fourth-order valence-electron chi connectivity index (χ4n) is 3.14. The smallest absolute Gasteiger partial charge is 0.274 e. The molecule has 1 aliphatic carbocycles. The van der Waals surface area contributed by atoms with E-state index in [1.807, 2.05) is 17.0 Å². The summed E-state index contributed by atoms with van der Waals surface area (Å²) in [6, 6.07) is 3.96. The lowest BCUT2D eigenvalue weighted by Crippen LogP contribution is -2.39. The molecule has 120 valence electrons. The molecule has 1 aromatic rings. The van der Waals surface area contributed by atoms with Gasteiger partial charge in [-0.1, -0.05) is 6.92 Å². The van der Waals surface area contributed by atoms with E-state index in [9.17, 15) is 4.79 Å². The van der Waals surface area contributed by atoms with E-state index in [-0.39, 0.29) is 11.9 Å². The number of rotatable bonds is 5. The van der Waals surface area contributed by atoms with Crippen LogP contribution in [0.15, 0.2) is 12.1 Å². The molecule has 5 heteroatoms. The number of carbonyl (C=O) groups is 1. The van der Waals surface area contributed by atoms with Gasteiger partial charge >= 0.3 is 0 Å². The molecule has 0 spiro atoms. The Labute approximate surface area is 132 Å². The molecule has 2 fully saturated rings. The number of amides is 1. The van der Waals surface area contributed by atoms with E-state index < -0.39 is 0 Å². The Morgan fingerprint density at radius 3 is 2.50 bits per heavy atom. The number of anilines is 1. The van der Waals surface area contributed by atoms with Crippen molar-refractivity contribution in [2.75, 3.05) is 24.5 Å². The van der Waals surface area contributed by atoms with E-state index in [0.29, 0.717) is 11.6 Å². The van der Waals surface area contributed by atoms with Crippen LogP contribution in [0, 0.1) is 11.8 Å². The first-order valence-electron chi connectivity index (χ1n) is 8.46. The van der Waals surface area contributed by atoms with Gasteiger partial charge in [0.1, 0.15) is 0 Å². The van der Waals surface area contributed by atoms with Gasteiger partial charge in [-0.2, -0.15) is 0 Å². The number of aromatic nitrogens is 2. The van der Waals surface area contributed by atoms with Crippen molar-refractivity contribution in [3.8, 4) is 0 Å². The number of hydrogen-bond acceptors (Lipinski definition) is 4. The van der Waals surface area contributed by atoms with Crippen molar-refractivity contribution in [1.29, 1.82) is 0 Å². The largest absolute Gasteiger partial charge is 0.355 e.